The van der Waals surface area contributed by atoms with Gasteiger partial charge in [0.1, 0.15) is 11.6 Å². The van der Waals surface area contributed by atoms with Crippen molar-refractivity contribution in [2.45, 2.75) is 24.4 Å². The van der Waals surface area contributed by atoms with Gasteiger partial charge in [-0.1, -0.05) is 43.3 Å². The van der Waals surface area contributed by atoms with Crippen LogP contribution >= 0.6 is 23.4 Å². The second-order valence-corrected chi connectivity index (χ2v) is 11.0. The first kappa shape index (κ1) is 24.6. The highest BCUT2D eigenvalue weighted by molar-refractivity contribution is 7.99. The smallest absolute Gasteiger partial charge is 0.208 e. The Morgan fingerprint density at radius 1 is 1.22 bits per heavy atom. The van der Waals surface area contributed by atoms with Crippen LogP contribution in [0.15, 0.2) is 53.8 Å². The van der Waals surface area contributed by atoms with Crippen LogP contribution in [0, 0.1) is 5.82 Å². The van der Waals surface area contributed by atoms with Crippen molar-refractivity contribution >= 4 is 33.4 Å². The Hall–Kier alpha value is -2.07. The number of aromatic nitrogens is 2. The molecule has 0 bridgehead atoms. The molecule has 0 aliphatic heterocycles. The number of sulfonamides is 1. The summed E-state index contributed by atoms with van der Waals surface area (Å²) in [4.78, 5) is 4.60. The highest BCUT2D eigenvalue weighted by Gasteiger charge is 2.30. The summed E-state index contributed by atoms with van der Waals surface area (Å²) in [6.07, 6.45) is 2.91. The van der Waals surface area contributed by atoms with Crippen LogP contribution in [0.4, 0.5) is 4.39 Å². The number of ether oxygens (including phenoxy) is 1. The zero-order valence-electron chi connectivity index (χ0n) is 18.2. The van der Waals surface area contributed by atoms with Gasteiger partial charge >= 0.3 is 0 Å². The molecule has 0 fully saturated rings. The van der Waals surface area contributed by atoms with E-state index in [0.29, 0.717) is 21.7 Å². The highest BCUT2D eigenvalue weighted by atomic mass is 35.5. The van der Waals surface area contributed by atoms with Crippen LogP contribution in [-0.4, -0.2) is 43.6 Å². The molecule has 32 heavy (non-hydrogen) atoms. The number of thioether (sulfide) groups is 1. The quantitative estimate of drug-likeness (QED) is 0.344. The van der Waals surface area contributed by atoms with Gasteiger partial charge in [0.05, 0.1) is 30.3 Å². The zero-order valence-corrected chi connectivity index (χ0v) is 20.6. The minimum atomic E-state index is -3.26. The van der Waals surface area contributed by atoms with Crippen molar-refractivity contribution in [2.75, 3.05) is 25.7 Å². The summed E-state index contributed by atoms with van der Waals surface area (Å²) in [5.74, 6) is 0.732. The van der Waals surface area contributed by atoms with Gasteiger partial charge in [0.25, 0.3) is 0 Å². The number of rotatable bonds is 9. The number of hydrogen-bond donors (Lipinski definition) is 1. The average Bonchev–Trinajstić information content (AvgIpc) is 3.16. The maximum absolute atomic E-state index is 13.6. The van der Waals surface area contributed by atoms with Gasteiger partial charge in [-0.3, -0.25) is 4.57 Å². The molecule has 0 unspecified atom stereocenters. The lowest BCUT2D eigenvalue weighted by Crippen LogP contribution is -2.25. The Bertz CT molecular complexity index is 1200. The number of halogens is 2. The predicted octanol–water partition coefficient (Wildman–Crippen LogP) is 4.64. The van der Waals surface area contributed by atoms with Gasteiger partial charge in [0, 0.05) is 23.4 Å². The topological polar surface area (TPSA) is 73.2 Å². The lowest BCUT2D eigenvalue weighted by molar-refractivity contribution is 0.413. The van der Waals surface area contributed by atoms with E-state index in [1.807, 2.05) is 16.7 Å². The Kier molecular flexibility index (Phi) is 7.54. The maximum Gasteiger partial charge on any atom is 0.208 e. The van der Waals surface area contributed by atoms with Crippen molar-refractivity contribution in [3.63, 3.8) is 0 Å². The molecule has 0 aliphatic carbocycles. The Labute approximate surface area is 197 Å². The van der Waals surface area contributed by atoms with E-state index in [-0.39, 0.29) is 12.4 Å². The van der Waals surface area contributed by atoms with Crippen LogP contribution in [-0.2, 0) is 15.4 Å². The Morgan fingerprint density at radius 2 is 1.91 bits per heavy atom. The second-order valence-electron chi connectivity index (χ2n) is 7.73. The molecule has 0 saturated carbocycles. The fraction of sp³-hybridized carbons (Fsp3) is 0.318. The van der Waals surface area contributed by atoms with Gasteiger partial charge in [-0.2, -0.15) is 0 Å². The summed E-state index contributed by atoms with van der Waals surface area (Å²) in [5.41, 5.74) is 2.11. The summed E-state index contributed by atoms with van der Waals surface area (Å²) in [7, 11) is -1.70. The summed E-state index contributed by atoms with van der Waals surface area (Å²) in [5, 5.41) is 1.20. The number of methoxy groups -OCH3 is 1. The van der Waals surface area contributed by atoms with Gasteiger partial charge in [-0.05, 0) is 42.0 Å². The van der Waals surface area contributed by atoms with E-state index in [0.717, 1.165) is 23.2 Å². The van der Waals surface area contributed by atoms with E-state index in [4.69, 9.17) is 16.3 Å². The number of hydrogen-bond acceptors (Lipinski definition) is 5. The van der Waals surface area contributed by atoms with E-state index < -0.39 is 15.4 Å². The third-order valence-corrected chi connectivity index (χ3v) is 7.02. The molecule has 0 saturated heterocycles. The van der Waals surface area contributed by atoms with Crippen molar-refractivity contribution in [1.29, 1.82) is 0 Å². The summed E-state index contributed by atoms with van der Waals surface area (Å²) >= 11 is 7.63. The maximum atomic E-state index is 13.6. The molecule has 0 spiro atoms. The fourth-order valence-electron chi connectivity index (χ4n) is 3.28. The second kappa shape index (κ2) is 9.82. The van der Waals surface area contributed by atoms with Crippen LogP contribution in [0.2, 0.25) is 5.02 Å². The molecular weight excluding hydrogens is 473 g/mol. The third kappa shape index (κ3) is 5.64. The van der Waals surface area contributed by atoms with Gasteiger partial charge in [-0.25, -0.2) is 22.5 Å². The molecule has 0 atom stereocenters. The van der Waals surface area contributed by atoms with E-state index in [2.05, 4.69) is 23.6 Å². The molecule has 3 rings (SSSR count). The summed E-state index contributed by atoms with van der Waals surface area (Å²) < 4.78 is 46.1. The minimum Gasteiger partial charge on any atom is -0.495 e. The largest absolute Gasteiger partial charge is 0.495 e. The molecule has 1 heterocycles. The SMILES string of the molecule is COc1cc(C(C)(C)c2cnc(SCCNS(C)(=O)=O)n2-c2ccc(F)cc2)ccc1Cl. The number of nitrogens with zero attached hydrogens (tertiary/aromatic N) is 2. The molecule has 172 valence electrons. The third-order valence-electron chi connectivity index (χ3n) is 5.02. The Balaban J connectivity index is 2.03. The molecule has 0 radical (unpaired) electrons. The lowest BCUT2D eigenvalue weighted by Gasteiger charge is -2.28. The lowest BCUT2D eigenvalue weighted by atomic mass is 9.81. The molecule has 2 aromatic carbocycles. The molecule has 10 heteroatoms. The standard InChI is InChI=1S/C22H25ClFN3O3S2/c1-22(2,15-5-10-18(23)19(13-15)30-3)20-14-25-21(31-12-11-26-32(4,28)29)27(20)17-8-6-16(24)7-9-17/h5-10,13-14,26H,11-12H2,1-4H3. The molecular formula is C22H25ClFN3O3S2. The minimum absolute atomic E-state index is 0.271. The van der Waals surface area contributed by atoms with E-state index in [1.165, 1.54) is 23.9 Å². The predicted molar refractivity (Wildman–Crippen MR) is 127 cm³/mol. The first-order chi connectivity index (χ1) is 15.0. The van der Waals surface area contributed by atoms with E-state index >= 15 is 0 Å². The monoisotopic (exact) mass is 497 g/mol. The van der Waals surface area contributed by atoms with E-state index in [1.54, 1.807) is 31.5 Å². The number of nitrogens with one attached hydrogen (secondary N) is 1. The van der Waals surface area contributed by atoms with Gasteiger partial charge in [0.2, 0.25) is 10.0 Å². The van der Waals surface area contributed by atoms with Crippen LogP contribution in [0.25, 0.3) is 5.69 Å². The number of imidazole rings is 1. The summed E-state index contributed by atoms with van der Waals surface area (Å²) in [6.45, 7) is 4.39. The number of benzene rings is 2. The van der Waals surface area contributed by atoms with Gasteiger partial charge in [0.15, 0.2) is 5.16 Å². The van der Waals surface area contributed by atoms with Crippen molar-refractivity contribution in [3.05, 3.63) is 70.8 Å². The molecule has 1 N–H and O–H groups in total. The normalized spacial score (nSPS) is 12.2. The summed E-state index contributed by atoms with van der Waals surface area (Å²) in [6, 6.07) is 11.8. The molecule has 1 aromatic heterocycles. The van der Waals surface area contributed by atoms with Crippen molar-refractivity contribution in [3.8, 4) is 11.4 Å². The van der Waals surface area contributed by atoms with Crippen LogP contribution in [0.5, 0.6) is 5.75 Å². The highest BCUT2D eigenvalue weighted by Crippen LogP contribution is 2.38. The van der Waals surface area contributed by atoms with Crippen molar-refractivity contribution < 1.29 is 17.5 Å². The average molecular weight is 498 g/mol. The van der Waals surface area contributed by atoms with Crippen LogP contribution in [0.1, 0.15) is 25.1 Å². The zero-order chi connectivity index (χ0) is 23.5. The first-order valence-electron chi connectivity index (χ1n) is 9.78. The molecule has 6 nitrogen and oxygen atoms in total. The Morgan fingerprint density at radius 3 is 2.53 bits per heavy atom. The van der Waals surface area contributed by atoms with Crippen LogP contribution < -0.4 is 9.46 Å². The van der Waals surface area contributed by atoms with E-state index in [9.17, 15) is 12.8 Å². The molecule has 3 aromatic rings. The first-order valence-corrected chi connectivity index (χ1v) is 13.0. The fourth-order valence-corrected chi connectivity index (χ4v) is 4.93. The van der Waals surface area contributed by atoms with Crippen LogP contribution in [0.3, 0.4) is 0 Å². The van der Waals surface area contributed by atoms with Crippen molar-refractivity contribution in [1.82, 2.24) is 14.3 Å². The molecule has 0 aliphatic rings. The molecule has 0 amide bonds. The van der Waals surface area contributed by atoms with Gasteiger partial charge < -0.3 is 4.74 Å². The van der Waals surface area contributed by atoms with Gasteiger partial charge in [-0.15, -0.1) is 0 Å². The van der Waals surface area contributed by atoms with Crippen molar-refractivity contribution in [2.24, 2.45) is 0 Å².